The fraction of sp³-hybridized carbons (Fsp3) is 1.00. The zero-order valence-electron chi connectivity index (χ0n) is 5.89. The summed E-state index contributed by atoms with van der Waals surface area (Å²) in [7, 11) is 0. The number of hydrogen-bond acceptors (Lipinski definition) is 2. The Morgan fingerprint density at radius 3 is 2.56 bits per heavy atom. The van der Waals surface area contributed by atoms with Gasteiger partial charge < -0.3 is 9.47 Å². The van der Waals surface area contributed by atoms with E-state index in [1.54, 1.807) is 0 Å². The van der Waals surface area contributed by atoms with E-state index in [9.17, 15) is 0 Å². The van der Waals surface area contributed by atoms with Crippen molar-refractivity contribution < 1.29 is 9.47 Å². The van der Waals surface area contributed by atoms with Gasteiger partial charge in [0.25, 0.3) is 0 Å². The molecule has 0 spiro atoms. The smallest absolute Gasteiger partial charge is 0.109 e. The lowest BCUT2D eigenvalue weighted by atomic mass is 10.7. The molecule has 0 aromatic carbocycles. The van der Waals surface area contributed by atoms with Crippen LogP contribution in [0.25, 0.3) is 0 Å². The Kier molecular flexibility index (Phi) is 6.81. The van der Waals surface area contributed by atoms with Crippen molar-refractivity contribution in [2.24, 2.45) is 0 Å². The first-order chi connectivity index (χ1) is 4.27. The standard InChI is InChI=1S/C6H13BrO2/c1-3-8-4-5-9-6(2)7/h6H,3-5H2,1-2H3. The molecule has 2 nitrogen and oxygen atoms in total. The molecular formula is C6H13BrO2. The summed E-state index contributed by atoms with van der Waals surface area (Å²) < 4.78 is 10.2. The zero-order chi connectivity index (χ0) is 7.11. The van der Waals surface area contributed by atoms with Gasteiger partial charge in [-0.3, -0.25) is 0 Å². The first kappa shape index (κ1) is 9.40. The molecule has 0 aliphatic rings. The van der Waals surface area contributed by atoms with Gasteiger partial charge in [-0.2, -0.15) is 0 Å². The summed E-state index contributed by atoms with van der Waals surface area (Å²) in [4.78, 5) is 0. The lowest BCUT2D eigenvalue weighted by Gasteiger charge is -2.04. The summed E-state index contributed by atoms with van der Waals surface area (Å²) in [5.74, 6) is 0. The SMILES string of the molecule is CCOCCOC(C)Br. The quantitative estimate of drug-likeness (QED) is 0.494. The highest BCUT2D eigenvalue weighted by molar-refractivity contribution is 9.09. The molecule has 0 fully saturated rings. The lowest BCUT2D eigenvalue weighted by molar-refractivity contribution is 0.0494. The van der Waals surface area contributed by atoms with E-state index in [1.807, 2.05) is 13.8 Å². The maximum atomic E-state index is 5.14. The Labute approximate surface area is 64.7 Å². The third-order valence-electron chi connectivity index (χ3n) is 0.779. The van der Waals surface area contributed by atoms with Crippen LogP contribution in [0.1, 0.15) is 13.8 Å². The molecule has 0 N–H and O–H groups in total. The molecule has 1 atom stereocenters. The van der Waals surface area contributed by atoms with Gasteiger partial charge in [-0.15, -0.1) is 0 Å². The van der Waals surface area contributed by atoms with E-state index in [0.717, 1.165) is 6.61 Å². The number of halogens is 1. The van der Waals surface area contributed by atoms with Gasteiger partial charge in [0.05, 0.1) is 13.2 Å². The molecule has 0 saturated heterocycles. The monoisotopic (exact) mass is 196 g/mol. The molecule has 0 aromatic heterocycles. The van der Waals surface area contributed by atoms with Crippen molar-refractivity contribution in [1.82, 2.24) is 0 Å². The van der Waals surface area contributed by atoms with Crippen LogP contribution in [-0.2, 0) is 9.47 Å². The molecule has 0 aliphatic heterocycles. The van der Waals surface area contributed by atoms with Gasteiger partial charge in [0.2, 0.25) is 0 Å². The molecule has 0 amide bonds. The topological polar surface area (TPSA) is 18.5 Å². The molecule has 0 bridgehead atoms. The van der Waals surface area contributed by atoms with Crippen molar-refractivity contribution in [3.8, 4) is 0 Å². The van der Waals surface area contributed by atoms with E-state index in [2.05, 4.69) is 15.9 Å². The summed E-state index contributed by atoms with van der Waals surface area (Å²) in [6, 6.07) is 0. The zero-order valence-corrected chi connectivity index (χ0v) is 7.48. The highest BCUT2D eigenvalue weighted by Gasteiger charge is 1.92. The fourth-order valence-electron chi connectivity index (χ4n) is 0.414. The summed E-state index contributed by atoms with van der Waals surface area (Å²) in [6.07, 6.45) is 0. The van der Waals surface area contributed by atoms with Crippen LogP contribution in [0, 0.1) is 0 Å². The minimum absolute atomic E-state index is 0.137. The molecule has 0 aliphatic carbocycles. The molecule has 0 radical (unpaired) electrons. The number of alkyl halides is 1. The van der Waals surface area contributed by atoms with Gasteiger partial charge in [-0.25, -0.2) is 0 Å². The summed E-state index contributed by atoms with van der Waals surface area (Å²) in [5.41, 5.74) is 0. The van der Waals surface area contributed by atoms with Crippen molar-refractivity contribution in [2.45, 2.75) is 18.9 Å². The Balaban J connectivity index is 2.75. The third kappa shape index (κ3) is 8.40. The second kappa shape index (κ2) is 6.52. The normalized spacial score (nSPS) is 13.7. The Morgan fingerprint density at radius 1 is 1.44 bits per heavy atom. The second-order valence-electron chi connectivity index (χ2n) is 1.61. The van der Waals surface area contributed by atoms with E-state index in [1.165, 1.54) is 0 Å². The Bertz CT molecular complexity index is 57.0. The minimum Gasteiger partial charge on any atom is -0.379 e. The largest absolute Gasteiger partial charge is 0.379 e. The van der Waals surface area contributed by atoms with Crippen LogP contribution in [-0.4, -0.2) is 24.8 Å². The van der Waals surface area contributed by atoms with Gasteiger partial charge in [0.1, 0.15) is 5.01 Å². The first-order valence-electron chi connectivity index (χ1n) is 3.10. The second-order valence-corrected chi connectivity index (χ2v) is 2.90. The first-order valence-corrected chi connectivity index (χ1v) is 4.02. The van der Waals surface area contributed by atoms with Gasteiger partial charge in [-0.1, -0.05) is 15.9 Å². The minimum atomic E-state index is 0.137. The van der Waals surface area contributed by atoms with Gasteiger partial charge in [-0.05, 0) is 13.8 Å². The van der Waals surface area contributed by atoms with Crippen molar-refractivity contribution in [1.29, 1.82) is 0 Å². The summed E-state index contributed by atoms with van der Waals surface area (Å²) >= 11 is 3.25. The van der Waals surface area contributed by atoms with Gasteiger partial charge in [0, 0.05) is 6.61 Å². The van der Waals surface area contributed by atoms with Crippen molar-refractivity contribution >= 4 is 15.9 Å². The third-order valence-corrected chi connectivity index (χ3v) is 1.04. The van der Waals surface area contributed by atoms with Crippen LogP contribution < -0.4 is 0 Å². The van der Waals surface area contributed by atoms with Gasteiger partial charge in [0.15, 0.2) is 0 Å². The Hall–Kier alpha value is 0.400. The lowest BCUT2D eigenvalue weighted by Crippen LogP contribution is -2.07. The van der Waals surface area contributed by atoms with Crippen LogP contribution in [0.5, 0.6) is 0 Å². The van der Waals surface area contributed by atoms with Crippen LogP contribution in [0.15, 0.2) is 0 Å². The van der Waals surface area contributed by atoms with E-state index < -0.39 is 0 Å². The summed E-state index contributed by atoms with van der Waals surface area (Å²) in [6.45, 7) is 6.02. The van der Waals surface area contributed by atoms with Gasteiger partial charge >= 0.3 is 0 Å². The average Bonchev–Trinajstić information content (AvgIpc) is 1.80. The highest BCUT2D eigenvalue weighted by Crippen LogP contribution is 1.97. The summed E-state index contributed by atoms with van der Waals surface area (Å²) in [5, 5.41) is 0.137. The van der Waals surface area contributed by atoms with Crippen LogP contribution in [0.3, 0.4) is 0 Å². The number of rotatable bonds is 5. The van der Waals surface area contributed by atoms with E-state index >= 15 is 0 Å². The molecular weight excluding hydrogens is 184 g/mol. The molecule has 0 rings (SSSR count). The molecule has 9 heavy (non-hydrogen) atoms. The molecule has 1 unspecified atom stereocenters. The fourth-order valence-corrected chi connectivity index (χ4v) is 0.601. The van der Waals surface area contributed by atoms with E-state index in [4.69, 9.17) is 9.47 Å². The maximum absolute atomic E-state index is 5.14. The van der Waals surface area contributed by atoms with Crippen LogP contribution in [0.2, 0.25) is 0 Å². The predicted molar refractivity (Wildman–Crippen MR) is 40.8 cm³/mol. The van der Waals surface area contributed by atoms with Crippen molar-refractivity contribution in [3.63, 3.8) is 0 Å². The Morgan fingerprint density at radius 2 is 2.11 bits per heavy atom. The van der Waals surface area contributed by atoms with Crippen molar-refractivity contribution in [2.75, 3.05) is 19.8 Å². The molecule has 0 heterocycles. The molecule has 0 saturated carbocycles. The number of ether oxygens (including phenoxy) is 2. The maximum Gasteiger partial charge on any atom is 0.109 e. The predicted octanol–water partition coefficient (Wildman–Crippen LogP) is 1.78. The van der Waals surface area contributed by atoms with Crippen molar-refractivity contribution in [3.05, 3.63) is 0 Å². The molecule has 3 heteroatoms. The van der Waals surface area contributed by atoms with Crippen LogP contribution in [0.4, 0.5) is 0 Å². The highest BCUT2D eigenvalue weighted by atomic mass is 79.9. The van der Waals surface area contributed by atoms with Crippen LogP contribution >= 0.6 is 15.9 Å². The van der Waals surface area contributed by atoms with E-state index in [-0.39, 0.29) is 5.01 Å². The number of hydrogen-bond donors (Lipinski definition) is 0. The van der Waals surface area contributed by atoms with E-state index in [0.29, 0.717) is 13.2 Å². The average molecular weight is 197 g/mol. The molecule has 56 valence electrons. The molecule has 0 aromatic rings.